The normalized spacial score (nSPS) is 17.3. The first-order chi connectivity index (χ1) is 19.3. The van der Waals surface area contributed by atoms with Crippen LogP contribution in [-0.2, 0) is 0 Å². The molecule has 8 nitrogen and oxygen atoms in total. The topological polar surface area (TPSA) is 106 Å². The predicted molar refractivity (Wildman–Crippen MR) is 159 cm³/mol. The Hall–Kier alpha value is -4.43. The minimum atomic E-state index is -0.107. The lowest BCUT2D eigenvalue weighted by molar-refractivity contribution is 0.0922. The minimum absolute atomic E-state index is 0.0712. The average molecular weight is 535 g/mol. The summed E-state index contributed by atoms with van der Waals surface area (Å²) in [5, 5.41) is 7.76. The summed E-state index contributed by atoms with van der Waals surface area (Å²) < 4.78 is 3.63. The number of aromatic nitrogens is 3. The number of carbonyl (C=O) groups is 2. The van der Waals surface area contributed by atoms with E-state index in [1.807, 2.05) is 59.3 Å². The number of aryl methyl sites for hydroxylation is 2. The van der Waals surface area contributed by atoms with Gasteiger partial charge in [-0.05, 0) is 68.9 Å². The highest BCUT2D eigenvalue weighted by atomic mass is 16.2. The van der Waals surface area contributed by atoms with Crippen molar-refractivity contribution in [1.29, 1.82) is 0 Å². The predicted octanol–water partition coefficient (Wildman–Crippen LogP) is 5.98. The molecule has 3 aromatic heterocycles. The molecule has 0 saturated heterocycles. The van der Waals surface area contributed by atoms with Crippen LogP contribution in [0.15, 0.2) is 67.0 Å². The van der Waals surface area contributed by atoms with Gasteiger partial charge in [-0.15, -0.1) is 0 Å². The van der Waals surface area contributed by atoms with E-state index in [0.29, 0.717) is 16.9 Å². The number of anilines is 2. The molecule has 0 aliphatic heterocycles. The van der Waals surface area contributed by atoms with Gasteiger partial charge < -0.3 is 16.4 Å². The highest BCUT2D eigenvalue weighted by Crippen LogP contribution is 2.38. The van der Waals surface area contributed by atoms with E-state index in [9.17, 15) is 9.59 Å². The van der Waals surface area contributed by atoms with E-state index in [2.05, 4.69) is 36.6 Å². The molecule has 40 heavy (non-hydrogen) atoms. The number of pyridine rings is 1. The number of hydrogen-bond acceptors (Lipinski definition) is 5. The average Bonchev–Trinajstić information content (AvgIpc) is 3.50. The molecule has 6 rings (SSSR count). The van der Waals surface area contributed by atoms with Gasteiger partial charge in [-0.2, -0.15) is 0 Å². The molecule has 0 atom stereocenters. The Morgan fingerprint density at radius 1 is 0.975 bits per heavy atom. The molecule has 1 fully saturated rings. The Morgan fingerprint density at radius 2 is 1.70 bits per heavy atom. The zero-order chi connectivity index (χ0) is 28.0. The molecule has 0 unspecified atom stereocenters. The summed E-state index contributed by atoms with van der Waals surface area (Å²) in [6.07, 6.45) is 7.38. The quantitative estimate of drug-likeness (QED) is 0.257. The molecular weight excluding hydrogens is 500 g/mol. The van der Waals surface area contributed by atoms with E-state index in [0.717, 1.165) is 64.8 Å². The van der Waals surface area contributed by atoms with Crippen molar-refractivity contribution in [3.05, 3.63) is 83.7 Å². The van der Waals surface area contributed by atoms with Gasteiger partial charge in [0.1, 0.15) is 17.2 Å². The monoisotopic (exact) mass is 534 g/mol. The van der Waals surface area contributed by atoms with Crippen molar-refractivity contribution in [2.45, 2.75) is 58.5 Å². The Morgan fingerprint density at radius 3 is 2.42 bits per heavy atom. The summed E-state index contributed by atoms with van der Waals surface area (Å²) in [5.41, 5.74) is 12.8. The third-order valence-corrected chi connectivity index (χ3v) is 8.03. The first-order valence-corrected chi connectivity index (χ1v) is 13.8. The molecule has 1 saturated carbocycles. The molecule has 204 valence electrons. The highest BCUT2D eigenvalue weighted by molar-refractivity contribution is 6.03. The molecule has 1 amide bonds. The second-order valence-corrected chi connectivity index (χ2v) is 10.9. The van der Waals surface area contributed by atoms with Crippen molar-refractivity contribution in [2.75, 3.05) is 5.32 Å². The number of benzene rings is 2. The van der Waals surface area contributed by atoms with Crippen molar-refractivity contribution in [2.24, 2.45) is 5.73 Å². The van der Waals surface area contributed by atoms with Gasteiger partial charge in [0.2, 0.25) is 5.91 Å². The van der Waals surface area contributed by atoms with Crippen molar-refractivity contribution in [3.8, 4) is 11.3 Å². The molecule has 0 radical (unpaired) electrons. The number of hydrogen-bond donors (Lipinski definition) is 3. The number of rotatable bonds is 5. The largest absolute Gasteiger partial charge is 0.349 e. The Kier molecular flexibility index (Phi) is 6.64. The van der Waals surface area contributed by atoms with Gasteiger partial charge in [0.05, 0.1) is 5.52 Å². The summed E-state index contributed by atoms with van der Waals surface area (Å²) in [6, 6.07) is 18.0. The molecule has 5 aromatic rings. The smallest absolute Gasteiger partial charge is 0.251 e. The number of carbonyl (C=O) groups excluding carboxylic acids is 2. The standard InChI is InChI=1S/C32H34N6O2/c1-19-7-6-8-20(2)29(19)36-31-30(26-18-38(21(3)39)27-10-5-4-9-25(26)27)35-28-17-22(15-16-37(28)31)32(40)34-24-13-11-23(33)12-14-24/h4-10,15-18,23-24,36H,11-14,33H2,1-3H3,(H,34,40). The van der Waals surface area contributed by atoms with Crippen LogP contribution in [0.4, 0.5) is 11.5 Å². The molecule has 8 heteroatoms. The third-order valence-electron chi connectivity index (χ3n) is 8.03. The lowest BCUT2D eigenvalue weighted by Gasteiger charge is -2.26. The number of nitrogens with zero attached hydrogens (tertiary/aromatic N) is 3. The maximum Gasteiger partial charge on any atom is 0.251 e. The van der Waals surface area contributed by atoms with E-state index >= 15 is 0 Å². The van der Waals surface area contributed by atoms with Crippen LogP contribution in [0.5, 0.6) is 0 Å². The van der Waals surface area contributed by atoms with Gasteiger partial charge in [-0.1, -0.05) is 36.4 Å². The zero-order valence-corrected chi connectivity index (χ0v) is 23.1. The van der Waals surface area contributed by atoms with E-state index < -0.39 is 0 Å². The number of fused-ring (bicyclic) bond motifs is 2. The number of imidazole rings is 1. The second kappa shape index (κ2) is 10.3. The summed E-state index contributed by atoms with van der Waals surface area (Å²) in [6.45, 7) is 5.70. The fourth-order valence-corrected chi connectivity index (χ4v) is 5.78. The third kappa shape index (κ3) is 4.64. The fourth-order valence-electron chi connectivity index (χ4n) is 5.78. The summed E-state index contributed by atoms with van der Waals surface area (Å²) in [4.78, 5) is 30.8. The lowest BCUT2D eigenvalue weighted by Crippen LogP contribution is -2.40. The van der Waals surface area contributed by atoms with Gasteiger partial charge in [-0.3, -0.25) is 18.6 Å². The van der Waals surface area contributed by atoms with Crippen LogP contribution in [0.25, 0.3) is 27.8 Å². The Labute approximate surface area is 233 Å². The maximum absolute atomic E-state index is 13.2. The first-order valence-electron chi connectivity index (χ1n) is 13.8. The molecule has 3 heterocycles. The molecule has 1 aliphatic carbocycles. The van der Waals surface area contributed by atoms with E-state index in [1.54, 1.807) is 11.5 Å². The van der Waals surface area contributed by atoms with Gasteiger partial charge >= 0.3 is 0 Å². The molecular formula is C32H34N6O2. The van der Waals surface area contributed by atoms with Crippen LogP contribution in [0.1, 0.15) is 58.9 Å². The van der Waals surface area contributed by atoms with Gasteiger partial charge in [-0.25, -0.2) is 4.98 Å². The Balaban J connectivity index is 1.48. The Bertz CT molecular complexity index is 1740. The highest BCUT2D eigenvalue weighted by Gasteiger charge is 2.24. The number of nitrogens with two attached hydrogens (primary N) is 1. The lowest BCUT2D eigenvalue weighted by atomic mass is 9.91. The van der Waals surface area contributed by atoms with Crippen LogP contribution in [0.3, 0.4) is 0 Å². The zero-order valence-electron chi connectivity index (χ0n) is 23.1. The SMILES string of the molecule is CC(=O)n1cc(-c2nc3cc(C(=O)NC4CCC(N)CC4)ccn3c2Nc2c(C)cccc2C)c2ccccc21. The van der Waals surface area contributed by atoms with Crippen molar-refractivity contribution < 1.29 is 9.59 Å². The summed E-state index contributed by atoms with van der Waals surface area (Å²) in [7, 11) is 0. The van der Waals surface area contributed by atoms with Gasteiger partial charge in [0.25, 0.3) is 5.91 Å². The van der Waals surface area contributed by atoms with E-state index in [4.69, 9.17) is 10.7 Å². The van der Waals surface area contributed by atoms with Crippen LogP contribution >= 0.6 is 0 Å². The van der Waals surface area contributed by atoms with Crippen molar-refractivity contribution in [3.63, 3.8) is 0 Å². The van der Waals surface area contributed by atoms with Crippen molar-refractivity contribution in [1.82, 2.24) is 19.3 Å². The minimum Gasteiger partial charge on any atom is -0.349 e. The van der Waals surface area contributed by atoms with Gasteiger partial charge in [0, 0.05) is 53.6 Å². The number of nitrogens with one attached hydrogen (secondary N) is 2. The summed E-state index contributed by atoms with van der Waals surface area (Å²) >= 11 is 0. The molecule has 4 N–H and O–H groups in total. The molecule has 1 aliphatic rings. The van der Waals surface area contributed by atoms with Crippen LogP contribution in [-0.4, -0.2) is 37.8 Å². The number of para-hydroxylation sites is 2. The fraction of sp³-hybridized carbons (Fsp3) is 0.281. The second-order valence-electron chi connectivity index (χ2n) is 10.9. The number of amides is 1. The van der Waals surface area contributed by atoms with E-state index in [1.165, 1.54) is 0 Å². The molecule has 0 spiro atoms. The molecule has 0 bridgehead atoms. The van der Waals surface area contributed by atoms with Crippen LogP contribution in [0.2, 0.25) is 0 Å². The first kappa shape index (κ1) is 25.8. The van der Waals surface area contributed by atoms with Crippen LogP contribution in [0, 0.1) is 13.8 Å². The molecule has 2 aromatic carbocycles. The van der Waals surface area contributed by atoms with Gasteiger partial charge in [0.15, 0.2) is 0 Å². The summed E-state index contributed by atoms with van der Waals surface area (Å²) in [5.74, 6) is 0.593. The van der Waals surface area contributed by atoms with Crippen LogP contribution < -0.4 is 16.4 Å². The maximum atomic E-state index is 13.2. The van der Waals surface area contributed by atoms with Crippen molar-refractivity contribution >= 4 is 39.9 Å². The van der Waals surface area contributed by atoms with E-state index in [-0.39, 0.29) is 23.9 Å².